The number of alkyl carbamates (subject to hydrolysis) is 1. The van der Waals surface area contributed by atoms with E-state index in [1.807, 2.05) is 0 Å². The molecule has 1 fully saturated rings. The molecule has 1 aromatic heterocycles. The summed E-state index contributed by atoms with van der Waals surface area (Å²) in [5.74, 6) is -2.83. The summed E-state index contributed by atoms with van der Waals surface area (Å²) in [5, 5.41) is 15.7. The van der Waals surface area contributed by atoms with Crippen LogP contribution in [0, 0.1) is 0 Å². The number of nitrogens with zero attached hydrogens (tertiary/aromatic N) is 1. The highest BCUT2D eigenvalue weighted by molar-refractivity contribution is 8.00. The predicted molar refractivity (Wildman–Crippen MR) is 146 cm³/mol. The normalized spacial score (nSPS) is 20.3. The van der Waals surface area contributed by atoms with Gasteiger partial charge in [0.1, 0.15) is 36.1 Å². The average molecular weight is 606 g/mol. The Morgan fingerprint density at radius 1 is 1.12 bits per heavy atom. The zero-order valence-electron chi connectivity index (χ0n) is 22.2. The molecule has 0 saturated carbocycles. The fourth-order valence-electron chi connectivity index (χ4n) is 4.25. The van der Waals surface area contributed by atoms with Gasteiger partial charge in [0.05, 0.1) is 7.11 Å². The molecule has 4 rings (SSSR count). The van der Waals surface area contributed by atoms with Gasteiger partial charge in [-0.3, -0.25) is 19.3 Å². The molecule has 0 radical (unpaired) electrons. The van der Waals surface area contributed by atoms with Crippen LogP contribution in [0.1, 0.15) is 23.4 Å². The van der Waals surface area contributed by atoms with E-state index in [-0.39, 0.29) is 30.2 Å². The zero-order valence-corrected chi connectivity index (χ0v) is 23.8. The quantitative estimate of drug-likeness (QED) is 0.195. The summed E-state index contributed by atoms with van der Waals surface area (Å²) in [4.78, 5) is 64.3. The van der Waals surface area contributed by atoms with E-state index in [0.717, 1.165) is 16.7 Å². The Morgan fingerprint density at radius 2 is 1.85 bits per heavy atom. The number of hydrogen-bond acceptors (Lipinski definition) is 11. The van der Waals surface area contributed by atoms with Gasteiger partial charge in [-0.2, -0.15) is 0 Å². The van der Waals surface area contributed by atoms with Crippen molar-refractivity contribution in [3.63, 3.8) is 0 Å². The van der Waals surface area contributed by atoms with Gasteiger partial charge in [0.2, 0.25) is 0 Å². The number of ether oxygens (including phenoxy) is 4. The highest BCUT2D eigenvalue weighted by atomic mass is 32.2. The van der Waals surface area contributed by atoms with Crippen molar-refractivity contribution >= 4 is 52.9 Å². The number of carbonyl (C=O) groups excluding carboxylic acids is 4. The second-order valence-electron chi connectivity index (χ2n) is 8.82. The van der Waals surface area contributed by atoms with Crippen LogP contribution in [0.2, 0.25) is 0 Å². The van der Waals surface area contributed by atoms with Crippen LogP contribution in [-0.4, -0.2) is 77.5 Å². The minimum atomic E-state index is -1.90. The number of benzene rings is 1. The molecule has 2 aliphatic heterocycles. The van der Waals surface area contributed by atoms with Gasteiger partial charge in [0.25, 0.3) is 17.5 Å². The zero-order chi connectivity index (χ0) is 29.7. The van der Waals surface area contributed by atoms with Crippen molar-refractivity contribution in [1.82, 2.24) is 15.5 Å². The van der Waals surface area contributed by atoms with E-state index >= 15 is 0 Å². The van der Waals surface area contributed by atoms with Gasteiger partial charge in [0.15, 0.2) is 0 Å². The standard InChI is InChI=1S/C26H27N3O10S2/c1-14(30)38-12-16-13-41-24-26(37-3,23(34)29(24)20(16)22(32)33)28-21(31)19(18-5-4-10-40-18)27-25(35)39-11-15-6-8-17(36-2)9-7-15/h4-10,19,24H,11-13H2,1-3H3,(H,27,35)(H,28,31)(H,32,33)/t19?,24?,26-/m1/s1. The smallest absolute Gasteiger partial charge is 0.408 e. The largest absolute Gasteiger partial charge is 0.497 e. The summed E-state index contributed by atoms with van der Waals surface area (Å²) in [5.41, 5.74) is -1.31. The molecule has 0 bridgehead atoms. The second kappa shape index (κ2) is 12.6. The third-order valence-corrected chi connectivity index (χ3v) is 8.58. The van der Waals surface area contributed by atoms with Crippen LogP contribution >= 0.6 is 23.1 Å². The molecule has 2 unspecified atom stereocenters. The first-order chi connectivity index (χ1) is 19.6. The number of nitrogens with one attached hydrogen (secondary N) is 2. The molecular formula is C26H27N3O10S2. The number of thiophene rings is 1. The molecule has 1 saturated heterocycles. The summed E-state index contributed by atoms with van der Waals surface area (Å²) in [7, 11) is 2.75. The van der Waals surface area contributed by atoms with Crippen molar-refractivity contribution in [2.24, 2.45) is 0 Å². The maximum atomic E-state index is 13.5. The molecule has 3 heterocycles. The van der Waals surface area contributed by atoms with Crippen LogP contribution in [0.4, 0.5) is 4.79 Å². The number of methoxy groups -OCH3 is 2. The first-order valence-corrected chi connectivity index (χ1v) is 14.0. The van der Waals surface area contributed by atoms with Gasteiger partial charge in [-0.15, -0.1) is 23.1 Å². The number of carboxylic acids is 1. The molecule has 1 aromatic carbocycles. The van der Waals surface area contributed by atoms with Crippen LogP contribution in [0.15, 0.2) is 53.0 Å². The van der Waals surface area contributed by atoms with Crippen molar-refractivity contribution in [2.45, 2.75) is 30.7 Å². The monoisotopic (exact) mass is 605 g/mol. The number of β-lactam (4-membered cyclic amide) rings is 1. The van der Waals surface area contributed by atoms with Crippen molar-refractivity contribution in [1.29, 1.82) is 0 Å². The van der Waals surface area contributed by atoms with Gasteiger partial charge in [-0.25, -0.2) is 9.59 Å². The molecule has 15 heteroatoms. The Morgan fingerprint density at radius 3 is 2.44 bits per heavy atom. The Kier molecular flexibility index (Phi) is 9.20. The summed E-state index contributed by atoms with van der Waals surface area (Å²) in [6.45, 7) is 0.825. The van der Waals surface area contributed by atoms with Crippen molar-refractivity contribution in [3.05, 3.63) is 63.5 Å². The number of aliphatic carboxylic acids is 1. The summed E-state index contributed by atoms with van der Waals surface area (Å²) in [6, 6.07) is 8.98. The van der Waals surface area contributed by atoms with Gasteiger partial charge < -0.3 is 34.7 Å². The molecule has 2 aliphatic rings. The van der Waals surface area contributed by atoms with Gasteiger partial charge >= 0.3 is 18.0 Å². The Labute approximate surface area is 242 Å². The molecule has 3 atom stereocenters. The first kappa shape index (κ1) is 29.9. The van der Waals surface area contributed by atoms with Crippen molar-refractivity contribution in [2.75, 3.05) is 26.6 Å². The summed E-state index contributed by atoms with van der Waals surface area (Å²) in [6.07, 6.45) is -0.874. The van der Waals surface area contributed by atoms with Crippen LogP contribution in [0.25, 0.3) is 0 Å². The number of carboxylic acid groups (broad SMARTS) is 1. The molecule has 218 valence electrons. The van der Waals surface area contributed by atoms with Crippen molar-refractivity contribution in [3.8, 4) is 5.75 Å². The van der Waals surface area contributed by atoms with Crippen molar-refractivity contribution < 1.29 is 48.0 Å². The van der Waals surface area contributed by atoms with Gasteiger partial charge in [-0.1, -0.05) is 18.2 Å². The lowest BCUT2D eigenvalue weighted by Gasteiger charge is -2.55. The van der Waals surface area contributed by atoms with E-state index in [9.17, 15) is 29.1 Å². The molecule has 2 aromatic rings. The number of rotatable bonds is 11. The third kappa shape index (κ3) is 6.16. The van der Waals surface area contributed by atoms with Gasteiger partial charge in [-0.05, 0) is 29.1 Å². The minimum absolute atomic E-state index is 0.0667. The Balaban J connectivity index is 1.49. The molecule has 3 amide bonds. The number of esters is 1. The van der Waals surface area contributed by atoms with Crippen LogP contribution < -0.4 is 15.4 Å². The molecule has 3 N–H and O–H groups in total. The predicted octanol–water partition coefficient (Wildman–Crippen LogP) is 2.00. The molecule has 41 heavy (non-hydrogen) atoms. The van der Waals surface area contributed by atoms with E-state index in [2.05, 4.69) is 10.6 Å². The fourth-order valence-corrected chi connectivity index (χ4v) is 6.44. The van der Waals surface area contributed by atoms with E-state index in [0.29, 0.717) is 16.2 Å². The van der Waals surface area contributed by atoms with Crippen LogP contribution in [0.5, 0.6) is 5.75 Å². The lowest BCUT2D eigenvalue weighted by atomic mass is 9.97. The third-order valence-electron chi connectivity index (χ3n) is 6.27. The van der Waals surface area contributed by atoms with E-state index in [1.165, 1.54) is 32.5 Å². The lowest BCUT2D eigenvalue weighted by Crippen LogP contribution is -2.81. The fraction of sp³-hybridized carbons (Fsp3) is 0.346. The van der Waals surface area contributed by atoms with Crippen LogP contribution in [-0.2, 0) is 40.0 Å². The molecule has 0 spiro atoms. The number of amides is 3. The Hall–Kier alpha value is -4.08. The highest BCUT2D eigenvalue weighted by Crippen LogP contribution is 2.47. The minimum Gasteiger partial charge on any atom is -0.497 e. The average Bonchev–Trinajstić information content (AvgIpc) is 3.50. The SMILES string of the molecule is COc1ccc(COC(=O)NC(C(=O)N[C@@]2(OC)C(=O)N3C(C(=O)O)=C(COC(C)=O)CSC32)c2cccs2)cc1. The lowest BCUT2D eigenvalue weighted by molar-refractivity contribution is -0.193. The Bertz CT molecular complexity index is 1360. The number of carbonyl (C=O) groups is 5. The second-order valence-corrected chi connectivity index (χ2v) is 10.9. The topological polar surface area (TPSA) is 170 Å². The summed E-state index contributed by atoms with van der Waals surface area (Å²) < 4.78 is 20.8. The number of fused-ring (bicyclic) bond motifs is 1. The maximum Gasteiger partial charge on any atom is 0.408 e. The van der Waals surface area contributed by atoms with E-state index in [1.54, 1.807) is 41.8 Å². The van der Waals surface area contributed by atoms with Gasteiger partial charge in [0, 0.05) is 30.2 Å². The van der Waals surface area contributed by atoms with Crippen LogP contribution in [0.3, 0.4) is 0 Å². The molecule has 13 nitrogen and oxygen atoms in total. The number of thioether (sulfide) groups is 1. The summed E-state index contributed by atoms with van der Waals surface area (Å²) >= 11 is 2.34. The molecule has 0 aliphatic carbocycles. The molecular weight excluding hydrogens is 578 g/mol. The maximum absolute atomic E-state index is 13.5. The number of hydrogen-bond donors (Lipinski definition) is 3. The highest BCUT2D eigenvalue weighted by Gasteiger charge is 2.67. The van der Waals surface area contributed by atoms with E-state index < -0.39 is 47.0 Å². The van der Waals surface area contributed by atoms with E-state index in [4.69, 9.17) is 18.9 Å². The first-order valence-electron chi connectivity index (χ1n) is 12.1.